The highest BCUT2D eigenvalue weighted by molar-refractivity contribution is 7.26. The Labute approximate surface area is 142 Å². The molecule has 116 valence electrons. The molecule has 0 aliphatic rings. The first-order valence-corrected chi connectivity index (χ1v) is 8.39. The second-order valence-corrected chi connectivity index (χ2v) is 8.23. The van der Waals surface area contributed by atoms with Crippen molar-refractivity contribution < 1.29 is 4.79 Å². The first-order chi connectivity index (χ1) is 10.3. The number of rotatable bonds is 3. The van der Waals surface area contributed by atoms with Crippen molar-refractivity contribution in [1.82, 2.24) is 9.78 Å². The van der Waals surface area contributed by atoms with Crippen LogP contribution in [-0.2, 0) is 11.8 Å². The number of nitrogens with one attached hydrogen (secondary N) is 1. The fourth-order valence-electron chi connectivity index (χ4n) is 2.30. The zero-order valence-corrected chi connectivity index (χ0v) is 14.7. The van der Waals surface area contributed by atoms with Crippen LogP contribution in [0.25, 0.3) is 20.3 Å². The number of thiophene rings is 1. The summed E-state index contributed by atoms with van der Waals surface area (Å²) in [6.07, 6.45) is 0. The molecule has 0 radical (unpaired) electrons. The number of benzene rings is 1. The molecule has 0 bridgehead atoms. The highest BCUT2D eigenvalue weighted by Crippen LogP contribution is 2.38. The summed E-state index contributed by atoms with van der Waals surface area (Å²) in [4.78, 5) is 12.3. The van der Waals surface area contributed by atoms with Crippen molar-refractivity contribution in [3.8, 4) is 0 Å². The van der Waals surface area contributed by atoms with Gasteiger partial charge in [0, 0.05) is 17.1 Å². The number of halogens is 2. The predicted octanol–water partition coefficient (Wildman–Crippen LogP) is 4.56. The number of fused-ring (bicyclic) bond motifs is 3. The van der Waals surface area contributed by atoms with Crippen LogP contribution in [0.15, 0.2) is 24.3 Å². The van der Waals surface area contributed by atoms with Crippen molar-refractivity contribution in [3.05, 3.63) is 24.3 Å². The van der Waals surface area contributed by atoms with Gasteiger partial charge in [-0.05, 0) is 13.0 Å². The molecule has 2 heterocycles. The van der Waals surface area contributed by atoms with Crippen LogP contribution in [-0.4, -0.2) is 20.0 Å². The van der Waals surface area contributed by atoms with E-state index in [9.17, 15) is 4.79 Å². The second-order valence-electron chi connectivity index (χ2n) is 5.42. The van der Waals surface area contributed by atoms with Gasteiger partial charge in [-0.3, -0.25) is 9.48 Å². The molecule has 3 aromatic rings. The minimum absolute atomic E-state index is 0.245. The van der Waals surface area contributed by atoms with Gasteiger partial charge in [-0.25, -0.2) is 0 Å². The Balaban J connectivity index is 2.03. The molecule has 0 spiro atoms. The molecule has 4 nitrogen and oxygen atoms in total. The average molecular weight is 356 g/mol. The van der Waals surface area contributed by atoms with Crippen LogP contribution in [0.4, 0.5) is 5.82 Å². The van der Waals surface area contributed by atoms with Gasteiger partial charge in [0.1, 0.15) is 4.33 Å². The Morgan fingerprint density at radius 3 is 2.77 bits per heavy atom. The zero-order valence-electron chi connectivity index (χ0n) is 12.4. The summed E-state index contributed by atoms with van der Waals surface area (Å²) in [5.41, 5.74) is 1.02. The van der Waals surface area contributed by atoms with Gasteiger partial charge in [-0.15, -0.1) is 34.5 Å². The van der Waals surface area contributed by atoms with E-state index < -0.39 is 10.3 Å². The van der Waals surface area contributed by atoms with Crippen molar-refractivity contribution in [2.75, 3.05) is 5.32 Å². The number of aromatic nitrogens is 2. The molecule has 0 saturated heterocycles. The third-order valence-electron chi connectivity index (χ3n) is 3.75. The van der Waals surface area contributed by atoms with Gasteiger partial charge in [-0.1, -0.05) is 25.1 Å². The Bertz CT molecular complexity index is 863. The first kappa shape index (κ1) is 15.6. The summed E-state index contributed by atoms with van der Waals surface area (Å²) in [7, 11) is 1.87. The van der Waals surface area contributed by atoms with Crippen molar-refractivity contribution in [2.24, 2.45) is 13.0 Å². The lowest BCUT2D eigenvalue weighted by atomic mass is 10.1. The van der Waals surface area contributed by atoms with Gasteiger partial charge in [-0.2, -0.15) is 5.10 Å². The molecule has 7 heteroatoms. The van der Waals surface area contributed by atoms with E-state index >= 15 is 0 Å². The molecule has 1 N–H and O–H groups in total. The van der Waals surface area contributed by atoms with E-state index in [0.717, 1.165) is 20.3 Å². The maximum Gasteiger partial charge on any atom is 0.231 e. The lowest BCUT2D eigenvalue weighted by Gasteiger charge is -2.20. The molecule has 0 aliphatic heterocycles. The molecule has 3 rings (SSSR count). The van der Waals surface area contributed by atoms with Crippen LogP contribution in [0, 0.1) is 5.92 Å². The van der Waals surface area contributed by atoms with Crippen LogP contribution >= 0.6 is 34.5 Å². The number of nitrogens with zero attached hydrogens (tertiary/aromatic N) is 2. The molecule has 1 amide bonds. The largest absolute Gasteiger partial charge is 0.308 e. The molecule has 1 atom stereocenters. The molecule has 2 aromatic heterocycles. The van der Waals surface area contributed by atoms with E-state index in [0.29, 0.717) is 5.82 Å². The number of hydrogen-bond acceptors (Lipinski definition) is 3. The van der Waals surface area contributed by atoms with Crippen LogP contribution < -0.4 is 5.32 Å². The van der Waals surface area contributed by atoms with Gasteiger partial charge in [0.15, 0.2) is 5.82 Å². The lowest BCUT2D eigenvalue weighted by Crippen LogP contribution is -2.32. The first-order valence-electron chi connectivity index (χ1n) is 6.82. The molecule has 1 unspecified atom stereocenters. The maximum atomic E-state index is 12.3. The topological polar surface area (TPSA) is 46.9 Å². The fraction of sp³-hybridized carbons (Fsp3) is 0.333. The third kappa shape index (κ3) is 2.57. The van der Waals surface area contributed by atoms with Crippen LogP contribution in [0.1, 0.15) is 13.8 Å². The van der Waals surface area contributed by atoms with Crippen molar-refractivity contribution in [1.29, 1.82) is 0 Å². The van der Waals surface area contributed by atoms with E-state index in [1.165, 1.54) is 0 Å². The summed E-state index contributed by atoms with van der Waals surface area (Å²) in [6.45, 7) is 3.30. The van der Waals surface area contributed by atoms with Gasteiger partial charge in [0.2, 0.25) is 5.91 Å². The zero-order chi connectivity index (χ0) is 16.1. The van der Waals surface area contributed by atoms with Gasteiger partial charge in [0.05, 0.1) is 16.1 Å². The summed E-state index contributed by atoms with van der Waals surface area (Å²) in [6, 6.07) is 8.10. The third-order valence-corrected chi connectivity index (χ3v) is 5.57. The Hall–Kier alpha value is -1.30. The van der Waals surface area contributed by atoms with E-state index in [-0.39, 0.29) is 5.91 Å². The average Bonchev–Trinajstić information content (AvgIpc) is 2.96. The van der Waals surface area contributed by atoms with E-state index in [4.69, 9.17) is 23.2 Å². The molecular formula is C15H15Cl2N3OS. The molecule has 0 aliphatic carbocycles. The smallest absolute Gasteiger partial charge is 0.231 e. The van der Waals surface area contributed by atoms with Gasteiger partial charge < -0.3 is 5.32 Å². The number of amides is 1. The Morgan fingerprint density at radius 1 is 1.41 bits per heavy atom. The summed E-state index contributed by atoms with van der Waals surface area (Å²) in [5.74, 6) is -0.250. The van der Waals surface area contributed by atoms with Gasteiger partial charge in [0.25, 0.3) is 0 Å². The Kier molecular flexibility index (Phi) is 3.83. The minimum Gasteiger partial charge on any atom is -0.308 e. The standard InChI is InChI=1S/C15H15Cl2N3OS/c1-8(15(2,16)17)14(21)18-13-12-11(20(3)19-13)9-6-4-5-7-10(9)22-12/h4-8H,1-3H3,(H,18,19,21). The Morgan fingerprint density at radius 2 is 2.09 bits per heavy atom. The fourth-order valence-corrected chi connectivity index (χ4v) is 3.66. The summed E-state index contributed by atoms with van der Waals surface area (Å²) in [5, 5.41) is 8.39. The lowest BCUT2D eigenvalue weighted by molar-refractivity contribution is -0.119. The minimum atomic E-state index is -1.13. The molecule has 22 heavy (non-hydrogen) atoms. The molecule has 0 saturated carbocycles. The summed E-state index contributed by atoms with van der Waals surface area (Å²) >= 11 is 13.6. The van der Waals surface area contributed by atoms with Crippen LogP contribution in [0.2, 0.25) is 0 Å². The SMILES string of the molecule is CC(C(=O)Nc1nn(C)c2c1sc1ccccc12)C(C)(Cl)Cl. The van der Waals surface area contributed by atoms with Crippen molar-refractivity contribution in [3.63, 3.8) is 0 Å². The number of hydrogen-bond donors (Lipinski definition) is 1. The van der Waals surface area contributed by atoms with Crippen LogP contribution in [0.3, 0.4) is 0 Å². The number of anilines is 1. The highest BCUT2D eigenvalue weighted by atomic mass is 35.5. The highest BCUT2D eigenvalue weighted by Gasteiger charge is 2.32. The van der Waals surface area contributed by atoms with Crippen molar-refractivity contribution in [2.45, 2.75) is 18.2 Å². The van der Waals surface area contributed by atoms with E-state index in [1.807, 2.05) is 19.2 Å². The second kappa shape index (κ2) is 5.41. The number of carbonyl (C=O) groups excluding carboxylic acids is 1. The van der Waals surface area contributed by atoms with Gasteiger partial charge >= 0.3 is 0 Å². The monoisotopic (exact) mass is 355 g/mol. The maximum absolute atomic E-state index is 12.3. The van der Waals surface area contributed by atoms with E-state index in [1.54, 1.807) is 29.9 Å². The molecule has 1 aromatic carbocycles. The van der Waals surface area contributed by atoms with E-state index in [2.05, 4.69) is 22.5 Å². The van der Waals surface area contributed by atoms with Crippen molar-refractivity contribution >= 4 is 66.6 Å². The normalized spacial score (nSPS) is 13.7. The number of carbonyl (C=O) groups is 1. The summed E-state index contributed by atoms with van der Waals surface area (Å²) < 4.78 is 2.77. The molecular weight excluding hydrogens is 341 g/mol. The molecule has 0 fully saturated rings. The quantitative estimate of drug-likeness (QED) is 0.700. The number of alkyl halides is 2. The number of aryl methyl sites for hydroxylation is 1. The van der Waals surface area contributed by atoms with Crippen LogP contribution in [0.5, 0.6) is 0 Å². The predicted molar refractivity (Wildman–Crippen MR) is 94.0 cm³/mol.